The molecule has 0 N–H and O–H groups in total. The van der Waals surface area contributed by atoms with Gasteiger partial charge in [0, 0.05) is 38.3 Å². The smallest absolute Gasteiger partial charge is 0.259 e. The van der Waals surface area contributed by atoms with E-state index in [0.717, 1.165) is 58.8 Å². The monoisotopic (exact) mass is 336 g/mol. The maximum absolute atomic E-state index is 12.6. The lowest BCUT2D eigenvalue weighted by Crippen LogP contribution is -2.62. The Morgan fingerprint density at radius 3 is 2.71 bits per heavy atom. The van der Waals surface area contributed by atoms with E-state index < -0.39 is 0 Å². The molecule has 7 heteroatoms. The Labute approximate surface area is 143 Å². The molecular formula is C17H28N4O3. The SMILES string of the molecule is Cc1nocc1C(=O)N1CCC2(CC1)COCCN2CCN(C)C. The zero-order valence-corrected chi connectivity index (χ0v) is 15.0. The first-order valence-corrected chi connectivity index (χ1v) is 8.70. The zero-order valence-electron chi connectivity index (χ0n) is 15.0. The van der Waals surface area contributed by atoms with E-state index in [1.54, 1.807) is 6.92 Å². The van der Waals surface area contributed by atoms with E-state index in [2.05, 4.69) is 29.1 Å². The molecule has 3 heterocycles. The van der Waals surface area contributed by atoms with Crippen LogP contribution in [0.4, 0.5) is 0 Å². The number of ether oxygens (including phenoxy) is 1. The van der Waals surface area contributed by atoms with Gasteiger partial charge < -0.3 is 19.1 Å². The highest BCUT2D eigenvalue weighted by Gasteiger charge is 2.43. The largest absolute Gasteiger partial charge is 0.378 e. The molecule has 2 aliphatic heterocycles. The number of aryl methyl sites for hydroxylation is 1. The van der Waals surface area contributed by atoms with Crippen molar-refractivity contribution in [3.8, 4) is 0 Å². The second-order valence-corrected chi connectivity index (χ2v) is 7.17. The number of morpholine rings is 1. The van der Waals surface area contributed by atoms with Gasteiger partial charge in [-0.25, -0.2) is 0 Å². The average molecular weight is 336 g/mol. The highest BCUT2D eigenvalue weighted by Crippen LogP contribution is 2.32. The van der Waals surface area contributed by atoms with Gasteiger partial charge in [0.2, 0.25) is 0 Å². The first kappa shape index (κ1) is 17.4. The maximum Gasteiger partial charge on any atom is 0.259 e. The van der Waals surface area contributed by atoms with Gasteiger partial charge in [0.05, 0.1) is 18.9 Å². The molecule has 7 nitrogen and oxygen atoms in total. The van der Waals surface area contributed by atoms with Crippen molar-refractivity contribution in [1.29, 1.82) is 0 Å². The molecule has 134 valence electrons. The Morgan fingerprint density at radius 1 is 1.33 bits per heavy atom. The third-order valence-electron chi connectivity index (χ3n) is 5.33. The topological polar surface area (TPSA) is 62.1 Å². The standard InChI is InChI=1S/C17H28N4O3/c1-14-15(12-24-18-14)16(22)20-6-4-17(5-7-20)13-23-11-10-21(17)9-8-19(2)3/h12H,4-11,13H2,1-3H3. The second kappa shape index (κ2) is 7.21. The lowest BCUT2D eigenvalue weighted by Gasteiger charge is -2.51. The Morgan fingerprint density at radius 2 is 2.08 bits per heavy atom. The van der Waals surface area contributed by atoms with Crippen LogP contribution in [-0.2, 0) is 4.74 Å². The fraction of sp³-hybridized carbons (Fsp3) is 0.765. The average Bonchev–Trinajstić information content (AvgIpc) is 3.00. The number of aromatic nitrogens is 1. The van der Waals surface area contributed by atoms with Crippen LogP contribution in [-0.4, -0.2) is 91.3 Å². The van der Waals surface area contributed by atoms with Crippen molar-refractivity contribution >= 4 is 5.91 Å². The summed E-state index contributed by atoms with van der Waals surface area (Å²) in [6.45, 7) is 7.97. The molecule has 0 aliphatic carbocycles. The Hall–Kier alpha value is -1.44. The van der Waals surface area contributed by atoms with Crippen LogP contribution >= 0.6 is 0 Å². The van der Waals surface area contributed by atoms with Crippen LogP contribution in [0.5, 0.6) is 0 Å². The van der Waals surface area contributed by atoms with Crippen molar-refractivity contribution < 1.29 is 14.1 Å². The van der Waals surface area contributed by atoms with Crippen LogP contribution < -0.4 is 0 Å². The number of carbonyl (C=O) groups is 1. The summed E-state index contributed by atoms with van der Waals surface area (Å²) in [5.74, 6) is 0.0279. The summed E-state index contributed by atoms with van der Waals surface area (Å²) in [4.78, 5) is 19.3. The number of nitrogens with zero attached hydrogens (tertiary/aromatic N) is 4. The first-order chi connectivity index (χ1) is 11.5. The van der Waals surface area contributed by atoms with Crippen LogP contribution in [0.2, 0.25) is 0 Å². The van der Waals surface area contributed by atoms with E-state index in [0.29, 0.717) is 11.3 Å². The minimum absolute atomic E-state index is 0.0279. The Kier molecular flexibility index (Phi) is 5.22. The maximum atomic E-state index is 12.6. The van der Waals surface area contributed by atoms with Crippen molar-refractivity contribution in [3.05, 3.63) is 17.5 Å². The normalized spacial score (nSPS) is 21.6. The van der Waals surface area contributed by atoms with Crippen molar-refractivity contribution in [2.75, 3.05) is 60.0 Å². The number of rotatable bonds is 4. The Balaban J connectivity index is 1.63. The number of likely N-dealkylation sites (tertiary alicyclic amines) is 1. The predicted octanol–water partition coefficient (Wildman–Crippen LogP) is 0.852. The lowest BCUT2D eigenvalue weighted by molar-refractivity contribution is -0.0927. The van der Waals surface area contributed by atoms with Gasteiger partial charge >= 0.3 is 0 Å². The molecule has 1 aromatic heterocycles. The molecule has 0 unspecified atom stereocenters. The lowest BCUT2D eigenvalue weighted by atomic mass is 9.85. The van der Waals surface area contributed by atoms with E-state index in [1.807, 2.05) is 4.90 Å². The number of carbonyl (C=O) groups excluding carboxylic acids is 1. The molecule has 1 amide bonds. The first-order valence-electron chi connectivity index (χ1n) is 8.70. The van der Waals surface area contributed by atoms with Crippen molar-refractivity contribution in [3.63, 3.8) is 0 Å². The quantitative estimate of drug-likeness (QED) is 0.812. The predicted molar refractivity (Wildman–Crippen MR) is 90.1 cm³/mol. The molecule has 0 aromatic carbocycles. The third-order valence-corrected chi connectivity index (χ3v) is 5.33. The summed E-state index contributed by atoms with van der Waals surface area (Å²) < 4.78 is 10.7. The molecule has 24 heavy (non-hydrogen) atoms. The van der Waals surface area contributed by atoms with Gasteiger partial charge in [-0.05, 0) is 33.9 Å². The molecule has 0 saturated carbocycles. The number of amides is 1. The van der Waals surface area contributed by atoms with Gasteiger partial charge in [-0.2, -0.15) is 0 Å². The highest BCUT2D eigenvalue weighted by atomic mass is 16.5. The molecule has 1 spiro atoms. The number of hydrogen-bond donors (Lipinski definition) is 0. The zero-order chi connectivity index (χ0) is 17.2. The van der Waals surface area contributed by atoms with Crippen LogP contribution in [0.1, 0.15) is 28.9 Å². The number of hydrogen-bond acceptors (Lipinski definition) is 6. The van der Waals surface area contributed by atoms with Crippen molar-refractivity contribution in [2.45, 2.75) is 25.3 Å². The van der Waals surface area contributed by atoms with E-state index in [-0.39, 0.29) is 11.4 Å². The summed E-state index contributed by atoms with van der Waals surface area (Å²) in [5.41, 5.74) is 1.32. The van der Waals surface area contributed by atoms with Crippen LogP contribution in [0.15, 0.2) is 10.8 Å². The molecule has 2 saturated heterocycles. The summed E-state index contributed by atoms with van der Waals surface area (Å²) in [6.07, 6.45) is 3.36. The van der Waals surface area contributed by atoms with Crippen LogP contribution in [0.3, 0.4) is 0 Å². The van der Waals surface area contributed by atoms with Gasteiger partial charge in [0.1, 0.15) is 11.8 Å². The summed E-state index contributed by atoms with van der Waals surface area (Å²) in [7, 11) is 4.21. The van der Waals surface area contributed by atoms with E-state index in [4.69, 9.17) is 9.26 Å². The summed E-state index contributed by atoms with van der Waals surface area (Å²) >= 11 is 0. The molecule has 0 radical (unpaired) electrons. The molecule has 1 aromatic rings. The fourth-order valence-corrected chi connectivity index (χ4v) is 3.69. The van der Waals surface area contributed by atoms with Gasteiger partial charge in [-0.3, -0.25) is 9.69 Å². The minimum Gasteiger partial charge on any atom is -0.378 e. The van der Waals surface area contributed by atoms with E-state index >= 15 is 0 Å². The van der Waals surface area contributed by atoms with Crippen molar-refractivity contribution in [2.24, 2.45) is 0 Å². The molecule has 2 fully saturated rings. The third kappa shape index (κ3) is 3.48. The molecular weight excluding hydrogens is 308 g/mol. The second-order valence-electron chi connectivity index (χ2n) is 7.17. The van der Waals surface area contributed by atoms with Crippen LogP contribution in [0, 0.1) is 6.92 Å². The highest BCUT2D eigenvalue weighted by molar-refractivity contribution is 5.94. The van der Waals surface area contributed by atoms with Gasteiger partial charge in [0.25, 0.3) is 5.91 Å². The summed E-state index contributed by atoms with van der Waals surface area (Å²) in [6, 6.07) is 0. The van der Waals surface area contributed by atoms with Crippen molar-refractivity contribution in [1.82, 2.24) is 19.9 Å². The molecule has 2 aliphatic rings. The number of piperidine rings is 1. The van der Waals surface area contributed by atoms with E-state index in [1.165, 1.54) is 6.26 Å². The molecule has 3 rings (SSSR count). The van der Waals surface area contributed by atoms with Gasteiger partial charge in [-0.15, -0.1) is 0 Å². The fourth-order valence-electron chi connectivity index (χ4n) is 3.69. The van der Waals surface area contributed by atoms with Crippen LogP contribution in [0.25, 0.3) is 0 Å². The van der Waals surface area contributed by atoms with Gasteiger partial charge in [-0.1, -0.05) is 5.16 Å². The molecule has 0 atom stereocenters. The Bertz CT molecular complexity index is 564. The van der Waals surface area contributed by atoms with Gasteiger partial charge in [0.15, 0.2) is 0 Å². The van der Waals surface area contributed by atoms with E-state index in [9.17, 15) is 4.79 Å². The minimum atomic E-state index is 0.0279. The summed E-state index contributed by atoms with van der Waals surface area (Å²) in [5, 5.41) is 3.81. The molecule has 0 bridgehead atoms. The number of likely N-dealkylation sites (N-methyl/N-ethyl adjacent to an activating group) is 1.